The lowest BCUT2D eigenvalue weighted by Crippen LogP contribution is -2.41. The highest BCUT2D eigenvalue weighted by Crippen LogP contribution is 2.27. The second-order valence-electron chi connectivity index (χ2n) is 6.99. The molecule has 0 aliphatic heterocycles. The van der Waals surface area contributed by atoms with E-state index in [1.54, 1.807) is 24.3 Å². The van der Waals surface area contributed by atoms with Crippen LogP contribution in [0.3, 0.4) is 0 Å². The fourth-order valence-electron chi connectivity index (χ4n) is 3.09. The minimum Gasteiger partial charge on any atom is -0.497 e. The van der Waals surface area contributed by atoms with Gasteiger partial charge < -0.3 is 14.8 Å². The number of halogens is 1. The smallest absolute Gasteiger partial charge is 0.264 e. The third-order valence-corrected chi connectivity index (χ3v) is 6.55. The molecule has 0 saturated heterocycles. The van der Waals surface area contributed by atoms with E-state index < -0.39 is 28.3 Å². The summed E-state index contributed by atoms with van der Waals surface area (Å²) in [5.41, 5.74) is 0.590. The average Bonchev–Trinajstić information content (AvgIpc) is 2.83. The first kappa shape index (κ1) is 24.1. The monoisotopic (exact) mass is 472 g/mol. The molecule has 0 spiro atoms. The molecule has 0 aliphatic carbocycles. The molecule has 0 atom stereocenters. The molecular weight excluding hydrogens is 447 g/mol. The minimum absolute atomic E-state index is 0.0918. The number of hydrogen-bond acceptors (Lipinski definition) is 5. The van der Waals surface area contributed by atoms with Gasteiger partial charge in [0.05, 0.1) is 24.3 Å². The first-order valence-corrected chi connectivity index (χ1v) is 11.7. The summed E-state index contributed by atoms with van der Waals surface area (Å²) in [5, 5.41) is 2.68. The van der Waals surface area contributed by atoms with Crippen molar-refractivity contribution in [1.82, 2.24) is 5.32 Å². The van der Waals surface area contributed by atoms with Gasteiger partial charge in [-0.05, 0) is 61.0 Å². The fourth-order valence-corrected chi connectivity index (χ4v) is 4.51. The van der Waals surface area contributed by atoms with E-state index in [1.807, 2.05) is 6.92 Å². The zero-order valence-electron chi connectivity index (χ0n) is 18.3. The summed E-state index contributed by atoms with van der Waals surface area (Å²) in [6, 6.07) is 18.2. The van der Waals surface area contributed by atoms with Crippen molar-refractivity contribution in [3.05, 3.63) is 84.2 Å². The number of carbonyl (C=O) groups excluding carboxylic acids is 1. The molecule has 0 saturated carbocycles. The Morgan fingerprint density at radius 1 is 0.970 bits per heavy atom. The lowest BCUT2D eigenvalue weighted by Gasteiger charge is -2.24. The standard InChI is InChI=1S/C24H25FN2O5S/c1-3-32-20-10-8-18(9-11-20)16-26-24(28)17-27(23-7-5-4-6-22(23)25)33(29,30)21-14-12-19(31-2)13-15-21/h4-15H,3,16-17H2,1-2H3,(H,26,28). The topological polar surface area (TPSA) is 84.9 Å². The maximum absolute atomic E-state index is 14.5. The summed E-state index contributed by atoms with van der Waals surface area (Å²) < 4.78 is 52.4. The quantitative estimate of drug-likeness (QED) is 0.486. The Hall–Kier alpha value is -3.59. The molecule has 0 aliphatic rings. The Bertz CT molecular complexity index is 1180. The van der Waals surface area contributed by atoms with Crippen LogP contribution >= 0.6 is 0 Å². The Morgan fingerprint density at radius 2 is 1.61 bits per heavy atom. The number of hydrogen-bond donors (Lipinski definition) is 1. The molecule has 0 aromatic heterocycles. The zero-order chi connectivity index (χ0) is 23.8. The first-order valence-electron chi connectivity index (χ1n) is 10.2. The highest BCUT2D eigenvalue weighted by atomic mass is 32.2. The second kappa shape index (κ2) is 10.8. The Labute approximate surface area is 192 Å². The van der Waals surface area contributed by atoms with E-state index in [-0.39, 0.29) is 17.1 Å². The SMILES string of the molecule is CCOc1ccc(CNC(=O)CN(c2ccccc2F)S(=O)(=O)c2ccc(OC)cc2)cc1. The number of nitrogens with one attached hydrogen (secondary N) is 1. The van der Waals surface area contributed by atoms with Crippen molar-refractivity contribution in [1.29, 1.82) is 0 Å². The predicted octanol–water partition coefficient (Wildman–Crippen LogP) is 3.74. The molecule has 1 N–H and O–H groups in total. The second-order valence-corrected chi connectivity index (χ2v) is 8.85. The van der Waals surface area contributed by atoms with Gasteiger partial charge in [-0.15, -0.1) is 0 Å². The minimum atomic E-state index is -4.23. The molecule has 7 nitrogen and oxygen atoms in total. The summed E-state index contributed by atoms with van der Waals surface area (Å²) in [6.45, 7) is 2.02. The van der Waals surface area contributed by atoms with E-state index in [2.05, 4.69) is 5.32 Å². The third-order valence-electron chi connectivity index (χ3n) is 4.78. The van der Waals surface area contributed by atoms with Gasteiger partial charge in [0.2, 0.25) is 5.91 Å². The maximum Gasteiger partial charge on any atom is 0.264 e. The molecule has 0 unspecified atom stereocenters. The predicted molar refractivity (Wildman–Crippen MR) is 123 cm³/mol. The molecular formula is C24H25FN2O5S. The van der Waals surface area contributed by atoms with Crippen LogP contribution in [0.4, 0.5) is 10.1 Å². The molecule has 3 aromatic carbocycles. The third kappa shape index (κ3) is 6.01. The van der Waals surface area contributed by atoms with Gasteiger partial charge in [-0.1, -0.05) is 24.3 Å². The number of carbonyl (C=O) groups is 1. The Morgan fingerprint density at radius 3 is 2.21 bits per heavy atom. The molecule has 3 aromatic rings. The molecule has 9 heteroatoms. The number of nitrogens with zero attached hydrogens (tertiary/aromatic N) is 1. The van der Waals surface area contributed by atoms with Crippen LogP contribution in [0.5, 0.6) is 11.5 Å². The fraction of sp³-hybridized carbons (Fsp3) is 0.208. The van der Waals surface area contributed by atoms with Crippen LogP contribution in [0.2, 0.25) is 0 Å². The van der Waals surface area contributed by atoms with Crippen molar-refractivity contribution in [2.75, 3.05) is 24.6 Å². The van der Waals surface area contributed by atoms with Gasteiger partial charge in [-0.3, -0.25) is 9.10 Å². The van der Waals surface area contributed by atoms with Crippen LogP contribution in [0.1, 0.15) is 12.5 Å². The number of ether oxygens (including phenoxy) is 2. The normalized spacial score (nSPS) is 11.0. The summed E-state index contributed by atoms with van der Waals surface area (Å²) in [6.07, 6.45) is 0. The Kier molecular flexibility index (Phi) is 7.89. The van der Waals surface area contributed by atoms with Crippen molar-refractivity contribution in [3.63, 3.8) is 0 Å². The van der Waals surface area contributed by atoms with E-state index in [9.17, 15) is 17.6 Å². The highest BCUT2D eigenvalue weighted by Gasteiger charge is 2.29. The van der Waals surface area contributed by atoms with Gasteiger partial charge in [0, 0.05) is 6.54 Å². The largest absolute Gasteiger partial charge is 0.497 e. The van der Waals surface area contributed by atoms with E-state index >= 15 is 0 Å². The molecule has 0 heterocycles. The number of benzene rings is 3. The van der Waals surface area contributed by atoms with Gasteiger partial charge in [-0.2, -0.15) is 0 Å². The van der Waals surface area contributed by atoms with Gasteiger partial charge in [0.15, 0.2) is 0 Å². The summed E-state index contributed by atoms with van der Waals surface area (Å²) in [5.74, 6) is -0.151. The number of sulfonamides is 1. The van der Waals surface area contributed by atoms with Crippen LogP contribution in [-0.2, 0) is 21.4 Å². The van der Waals surface area contributed by atoms with E-state index in [0.717, 1.165) is 15.9 Å². The Balaban J connectivity index is 1.81. The molecule has 0 radical (unpaired) electrons. The van der Waals surface area contributed by atoms with Crippen LogP contribution in [-0.4, -0.2) is 34.6 Å². The van der Waals surface area contributed by atoms with E-state index in [4.69, 9.17) is 9.47 Å². The number of amides is 1. The lowest BCUT2D eigenvalue weighted by atomic mass is 10.2. The van der Waals surface area contributed by atoms with Gasteiger partial charge in [0.1, 0.15) is 23.9 Å². The molecule has 33 heavy (non-hydrogen) atoms. The molecule has 3 rings (SSSR count). The van der Waals surface area contributed by atoms with Crippen LogP contribution in [0.15, 0.2) is 77.7 Å². The van der Waals surface area contributed by atoms with Crippen molar-refractivity contribution >= 4 is 21.6 Å². The molecule has 1 amide bonds. The van der Waals surface area contributed by atoms with Gasteiger partial charge in [0.25, 0.3) is 10.0 Å². The number of rotatable bonds is 10. The van der Waals surface area contributed by atoms with Gasteiger partial charge in [-0.25, -0.2) is 12.8 Å². The summed E-state index contributed by atoms with van der Waals surface area (Å²) in [4.78, 5) is 12.6. The molecule has 0 bridgehead atoms. The van der Waals surface area contributed by atoms with Crippen molar-refractivity contribution < 1.29 is 27.1 Å². The summed E-state index contributed by atoms with van der Waals surface area (Å²) >= 11 is 0. The highest BCUT2D eigenvalue weighted by molar-refractivity contribution is 7.92. The van der Waals surface area contributed by atoms with Crippen molar-refractivity contribution in [3.8, 4) is 11.5 Å². The molecule has 174 valence electrons. The average molecular weight is 473 g/mol. The van der Waals surface area contributed by atoms with Crippen LogP contribution in [0.25, 0.3) is 0 Å². The van der Waals surface area contributed by atoms with Crippen LogP contribution < -0.4 is 19.1 Å². The van der Waals surface area contributed by atoms with E-state index in [0.29, 0.717) is 18.1 Å². The zero-order valence-corrected chi connectivity index (χ0v) is 19.1. The number of para-hydroxylation sites is 1. The van der Waals surface area contributed by atoms with Crippen molar-refractivity contribution in [2.45, 2.75) is 18.4 Å². The lowest BCUT2D eigenvalue weighted by molar-refractivity contribution is -0.119. The first-order chi connectivity index (χ1) is 15.8. The van der Waals surface area contributed by atoms with Crippen molar-refractivity contribution in [2.24, 2.45) is 0 Å². The molecule has 0 fully saturated rings. The van der Waals surface area contributed by atoms with E-state index in [1.165, 1.54) is 49.6 Å². The van der Waals surface area contributed by atoms with Crippen LogP contribution in [0, 0.1) is 5.82 Å². The maximum atomic E-state index is 14.5. The number of anilines is 1. The number of methoxy groups -OCH3 is 1. The summed E-state index contributed by atoms with van der Waals surface area (Å²) in [7, 11) is -2.77. The van der Waals surface area contributed by atoms with Gasteiger partial charge >= 0.3 is 0 Å².